The first-order valence-corrected chi connectivity index (χ1v) is 13.9. The van der Waals surface area contributed by atoms with Crippen molar-refractivity contribution in [3.8, 4) is 11.3 Å². The maximum absolute atomic E-state index is 13.9. The van der Waals surface area contributed by atoms with E-state index >= 15 is 0 Å². The number of hydrogen-bond donors (Lipinski definition) is 1. The van der Waals surface area contributed by atoms with Gasteiger partial charge in [-0.15, -0.1) is 0 Å². The van der Waals surface area contributed by atoms with Crippen LogP contribution in [0.4, 0.5) is 20.4 Å². The zero-order chi connectivity index (χ0) is 30.8. The highest BCUT2D eigenvalue weighted by molar-refractivity contribution is 5.93. The van der Waals surface area contributed by atoms with Crippen molar-refractivity contribution in [2.24, 2.45) is 18.4 Å². The number of nitrogens with zero attached hydrogens (tertiary/aromatic N) is 7. The maximum atomic E-state index is 13.9. The largest absolute Gasteiger partial charge is 0.355 e. The summed E-state index contributed by atoms with van der Waals surface area (Å²) >= 11 is 0. The van der Waals surface area contributed by atoms with Gasteiger partial charge in [0, 0.05) is 38.3 Å². The number of nitrogens with one attached hydrogen (secondary N) is 1. The third kappa shape index (κ3) is 4.43. The van der Waals surface area contributed by atoms with Crippen LogP contribution >= 0.6 is 0 Å². The number of alkyl halides is 2. The number of imidazole rings is 1. The smallest absolute Gasteiger partial charge is 0.332 e. The third-order valence-corrected chi connectivity index (χ3v) is 8.76. The lowest BCUT2D eigenvalue weighted by Gasteiger charge is -2.23. The number of rotatable bonds is 8. The fourth-order valence-electron chi connectivity index (χ4n) is 5.82. The molecule has 0 spiro atoms. The van der Waals surface area contributed by atoms with Gasteiger partial charge in [0.05, 0.1) is 29.9 Å². The van der Waals surface area contributed by atoms with Crippen molar-refractivity contribution in [3.05, 3.63) is 63.7 Å². The van der Waals surface area contributed by atoms with Gasteiger partial charge < -0.3 is 14.8 Å². The predicted molar refractivity (Wildman–Crippen MR) is 154 cm³/mol. The van der Waals surface area contributed by atoms with Crippen molar-refractivity contribution in [1.82, 2.24) is 28.7 Å². The fourth-order valence-corrected chi connectivity index (χ4v) is 5.82. The number of carbonyl (C=O) groups excluding carboxylic acids is 2. The molecule has 1 aliphatic heterocycles. The molecule has 1 saturated heterocycles. The van der Waals surface area contributed by atoms with Gasteiger partial charge in [0.15, 0.2) is 16.9 Å². The Labute approximate surface area is 244 Å². The summed E-state index contributed by atoms with van der Waals surface area (Å²) < 4.78 is 31.2. The SMILES string of the molecule is CCC(=O)Cn1c(=O)c2c(ncn2[C@@H](C)C(=O)Nc2cccc(-c3ccc(N4CC5C(F)(F)C5(C)C4)nc3)n2)n(C)c1=O. The lowest BCUT2D eigenvalue weighted by molar-refractivity contribution is -0.120. The lowest BCUT2D eigenvalue weighted by Crippen LogP contribution is -2.41. The molecule has 0 aromatic carbocycles. The number of pyridine rings is 2. The topological polar surface area (TPSA) is 137 Å². The van der Waals surface area contributed by atoms with Crippen LogP contribution in [0.5, 0.6) is 0 Å². The summed E-state index contributed by atoms with van der Waals surface area (Å²) in [4.78, 5) is 66.3. The van der Waals surface area contributed by atoms with E-state index in [1.807, 2.05) is 4.90 Å². The summed E-state index contributed by atoms with van der Waals surface area (Å²) in [5.74, 6) is -3.15. The summed E-state index contributed by atoms with van der Waals surface area (Å²) in [6, 6.07) is 7.75. The lowest BCUT2D eigenvalue weighted by atomic mass is 10.1. The van der Waals surface area contributed by atoms with Crippen molar-refractivity contribution in [1.29, 1.82) is 0 Å². The summed E-state index contributed by atoms with van der Waals surface area (Å²) in [5, 5.41) is 2.75. The Bertz CT molecular complexity index is 1900. The van der Waals surface area contributed by atoms with Gasteiger partial charge in [0.1, 0.15) is 17.7 Å². The van der Waals surface area contributed by atoms with E-state index in [0.717, 1.165) is 4.57 Å². The highest BCUT2D eigenvalue weighted by Gasteiger charge is 2.81. The molecule has 2 fully saturated rings. The van der Waals surface area contributed by atoms with Gasteiger partial charge in [-0.05, 0) is 31.2 Å². The van der Waals surface area contributed by atoms with Gasteiger partial charge in [0.2, 0.25) is 5.91 Å². The van der Waals surface area contributed by atoms with E-state index in [1.54, 1.807) is 57.3 Å². The van der Waals surface area contributed by atoms with E-state index in [-0.39, 0.29) is 48.8 Å². The minimum atomic E-state index is -2.62. The molecule has 6 rings (SSSR count). The number of piperidine rings is 1. The predicted octanol–water partition coefficient (Wildman–Crippen LogP) is 2.62. The van der Waals surface area contributed by atoms with Crippen LogP contribution in [-0.4, -0.2) is 59.4 Å². The zero-order valence-corrected chi connectivity index (χ0v) is 24.0. The van der Waals surface area contributed by atoms with Crippen LogP contribution in [0, 0.1) is 11.3 Å². The third-order valence-electron chi connectivity index (χ3n) is 8.76. The number of anilines is 2. The Morgan fingerprint density at radius 1 is 1.16 bits per heavy atom. The Morgan fingerprint density at radius 2 is 1.93 bits per heavy atom. The number of ketones is 1. The molecule has 2 aliphatic rings. The molecule has 1 aliphatic carbocycles. The highest BCUT2D eigenvalue weighted by atomic mass is 19.3. The Kier molecular flexibility index (Phi) is 6.54. The number of halogens is 2. The molecule has 5 heterocycles. The van der Waals surface area contributed by atoms with Gasteiger partial charge in [-0.2, -0.15) is 0 Å². The average molecular weight is 593 g/mol. The van der Waals surface area contributed by atoms with Crippen LogP contribution in [-0.2, 0) is 23.2 Å². The Morgan fingerprint density at radius 3 is 2.58 bits per heavy atom. The quantitative estimate of drug-likeness (QED) is 0.330. The van der Waals surface area contributed by atoms with Gasteiger partial charge >= 0.3 is 5.69 Å². The van der Waals surface area contributed by atoms with Crippen LogP contribution in [0.1, 0.15) is 33.2 Å². The minimum absolute atomic E-state index is 0.0227. The molecule has 0 bridgehead atoms. The van der Waals surface area contributed by atoms with Crippen LogP contribution in [0.15, 0.2) is 52.4 Å². The molecule has 2 unspecified atom stereocenters. The summed E-state index contributed by atoms with van der Waals surface area (Å²) in [6.45, 7) is 4.98. The Balaban J connectivity index is 1.20. The molecular weight excluding hydrogens is 562 g/mol. The molecule has 4 aromatic heterocycles. The number of amides is 1. The molecule has 12 nitrogen and oxygen atoms in total. The minimum Gasteiger partial charge on any atom is -0.355 e. The number of aryl methyl sites for hydroxylation is 1. The average Bonchev–Trinajstić information content (AvgIpc) is 3.41. The second kappa shape index (κ2) is 9.92. The highest BCUT2D eigenvalue weighted by Crippen LogP contribution is 2.69. The number of Topliss-reactive ketones (excluding diaryl/α,β-unsaturated/α-hetero) is 1. The number of carbonyl (C=O) groups is 2. The van der Waals surface area contributed by atoms with Crippen molar-refractivity contribution in [3.63, 3.8) is 0 Å². The molecule has 1 amide bonds. The molecule has 4 aromatic rings. The van der Waals surface area contributed by atoms with E-state index in [0.29, 0.717) is 17.1 Å². The van der Waals surface area contributed by atoms with E-state index in [1.165, 1.54) is 22.5 Å². The zero-order valence-electron chi connectivity index (χ0n) is 24.0. The molecule has 1 saturated carbocycles. The molecular formula is C29H30F2N8O4. The van der Waals surface area contributed by atoms with Gasteiger partial charge in [-0.3, -0.25) is 23.5 Å². The molecule has 224 valence electrons. The molecule has 43 heavy (non-hydrogen) atoms. The van der Waals surface area contributed by atoms with Gasteiger partial charge in [0.25, 0.3) is 11.5 Å². The molecule has 1 N–H and O–H groups in total. The monoisotopic (exact) mass is 592 g/mol. The summed E-state index contributed by atoms with van der Waals surface area (Å²) in [6.07, 6.45) is 3.09. The summed E-state index contributed by atoms with van der Waals surface area (Å²) in [7, 11) is 1.45. The van der Waals surface area contributed by atoms with Crippen molar-refractivity contribution < 1.29 is 18.4 Å². The molecule has 3 atom stereocenters. The number of hydrogen-bond acceptors (Lipinski definition) is 8. The van der Waals surface area contributed by atoms with Crippen LogP contribution < -0.4 is 21.5 Å². The normalized spacial score (nSPS) is 21.1. The van der Waals surface area contributed by atoms with E-state index in [4.69, 9.17) is 0 Å². The van der Waals surface area contributed by atoms with E-state index in [9.17, 15) is 28.0 Å². The van der Waals surface area contributed by atoms with Gasteiger partial charge in [-0.25, -0.2) is 28.5 Å². The van der Waals surface area contributed by atoms with E-state index < -0.39 is 40.5 Å². The summed E-state index contributed by atoms with van der Waals surface area (Å²) in [5.41, 5.74) is -1.03. The van der Waals surface area contributed by atoms with Crippen LogP contribution in [0.2, 0.25) is 0 Å². The first-order chi connectivity index (χ1) is 20.4. The number of fused-ring (bicyclic) bond motifs is 2. The maximum Gasteiger partial charge on any atom is 0.332 e. The first kappa shape index (κ1) is 28.4. The van der Waals surface area contributed by atoms with Crippen molar-refractivity contribution in [2.45, 2.75) is 45.7 Å². The van der Waals surface area contributed by atoms with E-state index in [2.05, 4.69) is 20.3 Å². The number of aromatic nitrogens is 6. The molecule has 0 radical (unpaired) electrons. The van der Waals surface area contributed by atoms with Crippen LogP contribution in [0.25, 0.3) is 22.4 Å². The second-order valence-corrected chi connectivity index (χ2v) is 11.4. The van der Waals surface area contributed by atoms with Crippen LogP contribution in [0.3, 0.4) is 0 Å². The first-order valence-electron chi connectivity index (χ1n) is 13.9. The molecule has 14 heteroatoms. The van der Waals surface area contributed by atoms with Crippen molar-refractivity contribution >= 4 is 34.5 Å². The Hall–Kier alpha value is -4.75. The van der Waals surface area contributed by atoms with Gasteiger partial charge in [-0.1, -0.05) is 19.9 Å². The second-order valence-electron chi connectivity index (χ2n) is 11.4. The fraction of sp³-hybridized carbons (Fsp3) is 0.414. The standard InChI is InChI=1S/C29H30F2N8O4/c1-5-18(40)12-38-26(42)23-24(36(4)27(38)43)33-15-39(23)16(2)25(41)35-21-8-6-7-19(34-21)17-9-10-22(32-11-17)37-13-20-28(3,14-37)29(20,30)31/h6-11,15-16,20H,5,12-14H2,1-4H3,(H,34,35,41)/t16-,20?,28?/m0/s1. The van der Waals surface area contributed by atoms with Crippen molar-refractivity contribution in [2.75, 3.05) is 23.3 Å².